The smallest absolute Gasteiger partial charge is 0.318 e. The maximum atomic E-state index is 12.8. The van der Waals surface area contributed by atoms with E-state index in [2.05, 4.69) is 0 Å². The van der Waals surface area contributed by atoms with Crippen LogP contribution in [0.3, 0.4) is 0 Å². The molecule has 0 aliphatic rings. The van der Waals surface area contributed by atoms with Crippen LogP contribution >= 0.6 is 0 Å². The highest BCUT2D eigenvalue weighted by atomic mass is 19.1. The number of hydrogen-bond donors (Lipinski definition) is 2. The number of nitrogens with one attached hydrogen (secondary N) is 1. The standard InChI is InChI=1S/C12H16FN3O2/c1-8(2)16(7-11(17)15-12(14)18)10-5-3-9(13)4-6-10/h3-6,8H,7H2,1-2H3,(H3,14,15,17,18). The van der Waals surface area contributed by atoms with E-state index < -0.39 is 11.9 Å². The molecule has 0 unspecified atom stereocenters. The number of benzene rings is 1. The van der Waals surface area contributed by atoms with Crippen molar-refractivity contribution in [1.82, 2.24) is 5.32 Å². The average molecular weight is 253 g/mol. The SMILES string of the molecule is CC(C)N(CC(=O)NC(N)=O)c1ccc(F)cc1. The number of halogens is 1. The van der Waals surface area contributed by atoms with Gasteiger partial charge in [-0.1, -0.05) is 0 Å². The van der Waals surface area contributed by atoms with E-state index in [1.54, 1.807) is 17.0 Å². The lowest BCUT2D eigenvalue weighted by Gasteiger charge is -2.28. The van der Waals surface area contributed by atoms with E-state index in [9.17, 15) is 14.0 Å². The minimum Gasteiger partial charge on any atom is -0.360 e. The molecule has 0 atom stereocenters. The van der Waals surface area contributed by atoms with Crippen LogP contribution in [0.1, 0.15) is 13.8 Å². The number of hydrogen-bond acceptors (Lipinski definition) is 3. The molecule has 3 N–H and O–H groups in total. The Bertz CT molecular complexity index is 431. The summed E-state index contributed by atoms with van der Waals surface area (Å²) in [5.74, 6) is -0.843. The van der Waals surface area contributed by atoms with Gasteiger partial charge in [-0.25, -0.2) is 9.18 Å². The van der Waals surface area contributed by atoms with Crippen LogP contribution in [0.2, 0.25) is 0 Å². The second kappa shape index (κ2) is 6.00. The van der Waals surface area contributed by atoms with Crippen molar-refractivity contribution < 1.29 is 14.0 Å². The zero-order valence-corrected chi connectivity index (χ0v) is 10.3. The van der Waals surface area contributed by atoms with E-state index in [0.29, 0.717) is 5.69 Å². The Kier molecular flexibility index (Phi) is 4.65. The summed E-state index contributed by atoms with van der Waals surface area (Å²) >= 11 is 0. The first-order chi connectivity index (χ1) is 8.40. The first-order valence-corrected chi connectivity index (χ1v) is 5.51. The number of rotatable bonds is 4. The van der Waals surface area contributed by atoms with Crippen molar-refractivity contribution in [3.63, 3.8) is 0 Å². The Hall–Kier alpha value is -2.11. The van der Waals surface area contributed by atoms with Gasteiger partial charge in [0, 0.05) is 11.7 Å². The molecule has 3 amide bonds. The largest absolute Gasteiger partial charge is 0.360 e. The minimum atomic E-state index is -0.886. The zero-order valence-electron chi connectivity index (χ0n) is 10.3. The Labute approximate surface area is 105 Å². The van der Waals surface area contributed by atoms with E-state index in [1.807, 2.05) is 19.2 Å². The number of nitrogens with two attached hydrogens (primary N) is 1. The van der Waals surface area contributed by atoms with Gasteiger partial charge in [-0.15, -0.1) is 0 Å². The predicted molar refractivity (Wildman–Crippen MR) is 66.6 cm³/mol. The molecule has 0 aliphatic carbocycles. The number of imide groups is 1. The van der Waals surface area contributed by atoms with Crippen LogP contribution in [0.25, 0.3) is 0 Å². The molecule has 0 radical (unpaired) electrons. The number of amides is 3. The molecule has 0 aromatic heterocycles. The summed E-state index contributed by atoms with van der Waals surface area (Å²) in [6.45, 7) is 3.76. The summed E-state index contributed by atoms with van der Waals surface area (Å²) in [7, 11) is 0. The number of carbonyl (C=O) groups excluding carboxylic acids is 2. The molecule has 0 aliphatic heterocycles. The first kappa shape index (κ1) is 14.0. The zero-order chi connectivity index (χ0) is 13.7. The van der Waals surface area contributed by atoms with E-state index >= 15 is 0 Å². The van der Waals surface area contributed by atoms with E-state index in [1.165, 1.54) is 12.1 Å². The van der Waals surface area contributed by atoms with Gasteiger partial charge in [-0.3, -0.25) is 10.1 Å². The van der Waals surface area contributed by atoms with Crippen molar-refractivity contribution in [2.45, 2.75) is 19.9 Å². The molecule has 1 rings (SSSR count). The van der Waals surface area contributed by atoms with Gasteiger partial charge in [0.05, 0.1) is 6.54 Å². The molecule has 0 fully saturated rings. The first-order valence-electron chi connectivity index (χ1n) is 5.51. The van der Waals surface area contributed by atoms with Gasteiger partial charge >= 0.3 is 6.03 Å². The molecule has 1 aromatic rings. The van der Waals surface area contributed by atoms with Crippen LogP contribution in [0, 0.1) is 5.82 Å². The van der Waals surface area contributed by atoms with E-state index in [4.69, 9.17) is 5.73 Å². The molecule has 0 bridgehead atoms. The molecule has 6 heteroatoms. The maximum absolute atomic E-state index is 12.8. The maximum Gasteiger partial charge on any atom is 0.318 e. The highest BCUT2D eigenvalue weighted by Crippen LogP contribution is 2.17. The average Bonchev–Trinajstić information content (AvgIpc) is 2.26. The molecule has 0 spiro atoms. The fourth-order valence-electron chi connectivity index (χ4n) is 1.54. The number of urea groups is 1. The van der Waals surface area contributed by atoms with Crippen LogP contribution in [0.4, 0.5) is 14.9 Å². The van der Waals surface area contributed by atoms with E-state index in [-0.39, 0.29) is 18.4 Å². The Balaban J connectivity index is 2.80. The van der Waals surface area contributed by atoms with Crippen LogP contribution in [-0.2, 0) is 4.79 Å². The molecule has 18 heavy (non-hydrogen) atoms. The summed E-state index contributed by atoms with van der Waals surface area (Å²) in [5.41, 5.74) is 5.56. The highest BCUT2D eigenvalue weighted by molar-refractivity contribution is 5.95. The summed E-state index contributed by atoms with van der Waals surface area (Å²) in [6.07, 6.45) is 0. The fraction of sp³-hybridized carbons (Fsp3) is 0.333. The van der Waals surface area contributed by atoms with Crippen molar-refractivity contribution in [1.29, 1.82) is 0 Å². The third kappa shape index (κ3) is 4.04. The molecular formula is C12H16FN3O2. The molecular weight excluding hydrogens is 237 g/mol. The van der Waals surface area contributed by atoms with Crippen LogP contribution in [0.15, 0.2) is 24.3 Å². The molecule has 0 heterocycles. The summed E-state index contributed by atoms with van der Waals surface area (Å²) in [5, 5.41) is 1.99. The molecule has 0 saturated carbocycles. The van der Waals surface area contributed by atoms with Gasteiger partial charge in [-0.2, -0.15) is 0 Å². The van der Waals surface area contributed by atoms with Crippen LogP contribution in [0.5, 0.6) is 0 Å². The van der Waals surface area contributed by atoms with Crippen molar-refractivity contribution >= 4 is 17.6 Å². The van der Waals surface area contributed by atoms with Gasteiger partial charge < -0.3 is 10.6 Å². The van der Waals surface area contributed by atoms with Gasteiger partial charge in [0.25, 0.3) is 0 Å². The molecule has 0 saturated heterocycles. The molecule has 5 nitrogen and oxygen atoms in total. The fourth-order valence-corrected chi connectivity index (χ4v) is 1.54. The lowest BCUT2D eigenvalue weighted by atomic mass is 10.2. The minimum absolute atomic E-state index is 0.0216. The number of anilines is 1. The lowest BCUT2D eigenvalue weighted by molar-refractivity contribution is -0.118. The highest BCUT2D eigenvalue weighted by Gasteiger charge is 2.15. The Morgan fingerprint density at radius 1 is 1.33 bits per heavy atom. The predicted octanol–water partition coefficient (Wildman–Crippen LogP) is 1.24. The normalized spacial score (nSPS) is 10.2. The monoisotopic (exact) mass is 253 g/mol. The third-order valence-corrected chi connectivity index (χ3v) is 2.36. The van der Waals surface area contributed by atoms with Crippen LogP contribution < -0.4 is 16.0 Å². The second-order valence-electron chi connectivity index (χ2n) is 4.11. The van der Waals surface area contributed by atoms with Crippen LogP contribution in [-0.4, -0.2) is 24.5 Å². The van der Waals surface area contributed by atoms with Gasteiger partial charge in [-0.05, 0) is 38.1 Å². The van der Waals surface area contributed by atoms with Gasteiger partial charge in [0.1, 0.15) is 5.82 Å². The quantitative estimate of drug-likeness (QED) is 0.847. The lowest BCUT2D eigenvalue weighted by Crippen LogP contribution is -2.44. The van der Waals surface area contributed by atoms with Crippen molar-refractivity contribution in [2.24, 2.45) is 5.73 Å². The summed E-state index contributed by atoms with van der Waals surface area (Å²) in [6, 6.07) is 4.92. The van der Waals surface area contributed by atoms with Crippen molar-refractivity contribution in [3.05, 3.63) is 30.1 Å². The number of nitrogens with zero attached hydrogens (tertiary/aromatic N) is 1. The van der Waals surface area contributed by atoms with Crippen molar-refractivity contribution in [3.8, 4) is 0 Å². The summed E-state index contributed by atoms with van der Waals surface area (Å²) in [4.78, 5) is 23.8. The van der Waals surface area contributed by atoms with Gasteiger partial charge in [0.2, 0.25) is 5.91 Å². The molecule has 1 aromatic carbocycles. The Morgan fingerprint density at radius 3 is 2.33 bits per heavy atom. The van der Waals surface area contributed by atoms with Gasteiger partial charge in [0.15, 0.2) is 0 Å². The number of carbonyl (C=O) groups is 2. The second-order valence-corrected chi connectivity index (χ2v) is 4.11. The number of primary amides is 1. The third-order valence-electron chi connectivity index (χ3n) is 2.36. The van der Waals surface area contributed by atoms with E-state index in [0.717, 1.165) is 0 Å². The topological polar surface area (TPSA) is 75.4 Å². The van der Waals surface area contributed by atoms with Crippen molar-refractivity contribution in [2.75, 3.05) is 11.4 Å². The summed E-state index contributed by atoms with van der Waals surface area (Å²) < 4.78 is 12.8. The Morgan fingerprint density at radius 2 is 1.89 bits per heavy atom. The molecule has 98 valence electrons.